The molecule has 0 bridgehead atoms. The van der Waals surface area contributed by atoms with Crippen molar-refractivity contribution in [2.75, 3.05) is 0 Å². The van der Waals surface area contributed by atoms with E-state index in [0.29, 0.717) is 0 Å². The predicted octanol–water partition coefficient (Wildman–Crippen LogP) is 2.36. The lowest BCUT2D eigenvalue weighted by Gasteiger charge is -2.26. The first-order valence-corrected chi connectivity index (χ1v) is 8.77. The monoisotopic (exact) mass is 340 g/mol. The van der Waals surface area contributed by atoms with Crippen LogP contribution in [0.5, 0.6) is 0 Å². The van der Waals surface area contributed by atoms with Gasteiger partial charge < -0.3 is 5.11 Å². The minimum atomic E-state index is -3.82. The lowest BCUT2D eigenvalue weighted by atomic mass is 9.97. The molecule has 0 amide bonds. The molecule has 0 unspecified atom stereocenters. The van der Waals surface area contributed by atoms with Gasteiger partial charge in [0.2, 0.25) is 10.0 Å². The van der Waals surface area contributed by atoms with Gasteiger partial charge in [0.25, 0.3) is 0 Å². The molecule has 2 N–H and O–H groups in total. The molecule has 118 valence electrons. The third-order valence-electron chi connectivity index (χ3n) is 3.12. The highest BCUT2D eigenvalue weighted by molar-refractivity contribution is 7.89. The number of hydrogen-bond donors (Lipinski definition) is 2. The number of sulfonamides is 1. The highest BCUT2D eigenvalue weighted by Crippen LogP contribution is 2.25. The van der Waals surface area contributed by atoms with Crippen molar-refractivity contribution in [3.8, 4) is 0 Å². The van der Waals surface area contributed by atoms with E-state index in [1.54, 1.807) is 32.2 Å². The molecule has 0 aromatic carbocycles. The van der Waals surface area contributed by atoms with Crippen molar-refractivity contribution in [1.29, 1.82) is 0 Å². The summed E-state index contributed by atoms with van der Waals surface area (Å²) in [5.74, 6) is -1.14. The Hall–Kier alpha value is -1.77. The van der Waals surface area contributed by atoms with Crippen LogP contribution in [0.1, 0.15) is 34.8 Å². The number of carboxylic acid groups (broad SMARTS) is 1. The summed E-state index contributed by atoms with van der Waals surface area (Å²) >= 11 is 0.877. The summed E-state index contributed by atoms with van der Waals surface area (Å²) in [5.41, 5.74) is 0.687. The smallest absolute Gasteiger partial charge is 0.345 e. The van der Waals surface area contributed by atoms with E-state index in [1.807, 2.05) is 6.92 Å². The Balaban J connectivity index is 2.30. The van der Waals surface area contributed by atoms with E-state index in [-0.39, 0.29) is 9.77 Å². The Kier molecular flexibility index (Phi) is 4.37. The number of pyridine rings is 1. The van der Waals surface area contributed by atoms with Crippen LogP contribution >= 0.6 is 11.3 Å². The quantitative estimate of drug-likeness (QED) is 0.871. The van der Waals surface area contributed by atoms with Crippen LogP contribution in [0.15, 0.2) is 34.7 Å². The average Bonchev–Trinajstić information content (AvgIpc) is 2.88. The molecule has 2 aromatic rings. The molecule has 22 heavy (non-hydrogen) atoms. The lowest BCUT2D eigenvalue weighted by Crippen LogP contribution is -2.40. The Labute approximate surface area is 132 Å². The van der Waals surface area contributed by atoms with Gasteiger partial charge in [-0.25, -0.2) is 17.9 Å². The molecule has 8 heteroatoms. The Morgan fingerprint density at radius 2 is 2.05 bits per heavy atom. The number of aromatic carboxylic acids is 1. The highest BCUT2D eigenvalue weighted by atomic mass is 32.2. The topological polar surface area (TPSA) is 96.4 Å². The van der Waals surface area contributed by atoms with Crippen molar-refractivity contribution >= 4 is 27.3 Å². The molecular formula is C14H16N2O4S2. The zero-order valence-corrected chi connectivity index (χ0v) is 14.0. The largest absolute Gasteiger partial charge is 0.477 e. The minimum absolute atomic E-state index is 0.0183. The Morgan fingerprint density at radius 3 is 2.55 bits per heavy atom. The Bertz CT molecular complexity index is 793. The minimum Gasteiger partial charge on any atom is -0.477 e. The number of rotatable bonds is 5. The van der Waals surface area contributed by atoms with Gasteiger partial charge in [0, 0.05) is 17.3 Å². The van der Waals surface area contributed by atoms with Crippen LogP contribution in [0.25, 0.3) is 0 Å². The number of thiophene rings is 1. The van der Waals surface area contributed by atoms with Gasteiger partial charge in [0.05, 0.1) is 10.4 Å². The van der Waals surface area contributed by atoms with Gasteiger partial charge in [0.1, 0.15) is 4.88 Å². The highest BCUT2D eigenvalue weighted by Gasteiger charge is 2.29. The van der Waals surface area contributed by atoms with Crippen LogP contribution in [-0.2, 0) is 15.6 Å². The molecule has 0 saturated carbocycles. The van der Waals surface area contributed by atoms with Crippen molar-refractivity contribution in [3.05, 3.63) is 45.9 Å². The number of carbonyl (C=O) groups is 1. The molecule has 0 aliphatic heterocycles. The van der Waals surface area contributed by atoms with E-state index in [0.717, 1.165) is 28.7 Å². The summed E-state index contributed by atoms with van der Waals surface area (Å²) in [6, 6.07) is 4.76. The predicted molar refractivity (Wildman–Crippen MR) is 83.6 cm³/mol. The van der Waals surface area contributed by atoms with E-state index < -0.39 is 21.5 Å². The molecule has 2 rings (SSSR count). The second-order valence-corrected chi connectivity index (χ2v) is 7.96. The number of nitrogens with one attached hydrogen (secondary N) is 1. The molecular weight excluding hydrogens is 324 g/mol. The van der Waals surface area contributed by atoms with Crippen LogP contribution in [0.3, 0.4) is 0 Å². The van der Waals surface area contributed by atoms with Gasteiger partial charge in [0.15, 0.2) is 0 Å². The van der Waals surface area contributed by atoms with Gasteiger partial charge in [-0.15, -0.1) is 11.3 Å². The molecule has 0 fully saturated rings. The lowest BCUT2D eigenvalue weighted by molar-refractivity contribution is 0.0702. The van der Waals surface area contributed by atoms with Crippen molar-refractivity contribution in [2.45, 2.75) is 31.2 Å². The Morgan fingerprint density at radius 1 is 1.36 bits per heavy atom. The fourth-order valence-corrected chi connectivity index (χ4v) is 4.38. The first-order valence-electron chi connectivity index (χ1n) is 6.41. The van der Waals surface area contributed by atoms with Crippen LogP contribution in [0, 0.1) is 6.92 Å². The van der Waals surface area contributed by atoms with E-state index in [9.17, 15) is 13.2 Å². The number of hydrogen-bond acceptors (Lipinski definition) is 5. The first-order chi connectivity index (χ1) is 10.1. The molecule has 0 radical (unpaired) electrons. The van der Waals surface area contributed by atoms with Gasteiger partial charge in [-0.1, -0.05) is 6.07 Å². The number of aryl methyl sites for hydroxylation is 1. The SMILES string of the molecule is Cc1ccc(C(C)(C)NS(=O)(=O)c2csc(C(=O)O)c2)cn1. The maximum atomic E-state index is 12.4. The number of aromatic nitrogens is 1. The average molecular weight is 340 g/mol. The molecule has 2 aromatic heterocycles. The van der Waals surface area contributed by atoms with Crippen LogP contribution < -0.4 is 4.72 Å². The van der Waals surface area contributed by atoms with Crippen LogP contribution in [-0.4, -0.2) is 24.5 Å². The van der Waals surface area contributed by atoms with Crippen LogP contribution in [0.2, 0.25) is 0 Å². The van der Waals surface area contributed by atoms with Crippen molar-refractivity contribution < 1.29 is 18.3 Å². The van der Waals surface area contributed by atoms with Gasteiger partial charge >= 0.3 is 5.97 Å². The van der Waals surface area contributed by atoms with E-state index >= 15 is 0 Å². The summed E-state index contributed by atoms with van der Waals surface area (Å²) < 4.78 is 27.4. The molecule has 0 saturated heterocycles. The van der Waals surface area contributed by atoms with Crippen molar-refractivity contribution in [3.63, 3.8) is 0 Å². The maximum Gasteiger partial charge on any atom is 0.345 e. The van der Waals surface area contributed by atoms with Crippen molar-refractivity contribution in [1.82, 2.24) is 9.71 Å². The van der Waals surface area contributed by atoms with Gasteiger partial charge in [-0.2, -0.15) is 0 Å². The summed E-state index contributed by atoms with van der Waals surface area (Å²) in [6.45, 7) is 5.29. The summed E-state index contributed by atoms with van der Waals surface area (Å²) in [5, 5.41) is 10.2. The first kappa shape index (κ1) is 16.6. The molecule has 6 nitrogen and oxygen atoms in total. The maximum absolute atomic E-state index is 12.4. The zero-order chi connectivity index (χ0) is 16.5. The normalized spacial score (nSPS) is 12.3. The van der Waals surface area contributed by atoms with Crippen LogP contribution in [0.4, 0.5) is 0 Å². The second-order valence-electron chi connectivity index (χ2n) is 5.37. The summed E-state index contributed by atoms with van der Waals surface area (Å²) in [6.07, 6.45) is 1.62. The van der Waals surface area contributed by atoms with E-state index in [2.05, 4.69) is 9.71 Å². The van der Waals surface area contributed by atoms with Gasteiger partial charge in [-0.05, 0) is 38.5 Å². The molecule has 0 aliphatic carbocycles. The van der Waals surface area contributed by atoms with Gasteiger partial charge in [-0.3, -0.25) is 4.98 Å². The third-order valence-corrected chi connectivity index (χ3v) is 5.82. The molecule has 0 atom stereocenters. The number of carboxylic acids is 1. The summed E-state index contributed by atoms with van der Waals surface area (Å²) in [7, 11) is -3.82. The second kappa shape index (κ2) is 5.79. The van der Waals surface area contributed by atoms with E-state index in [4.69, 9.17) is 5.11 Å². The molecule has 0 spiro atoms. The standard InChI is InChI=1S/C14H16N2O4S2/c1-9-4-5-10(7-15-9)14(2,3)16-22(19,20)11-6-12(13(17)18)21-8-11/h4-8,16H,1-3H3,(H,17,18). The fraction of sp³-hybridized carbons (Fsp3) is 0.286. The summed E-state index contributed by atoms with van der Waals surface area (Å²) in [4.78, 5) is 15.0. The number of nitrogens with zero attached hydrogens (tertiary/aromatic N) is 1. The van der Waals surface area contributed by atoms with E-state index in [1.165, 1.54) is 5.38 Å². The zero-order valence-electron chi connectivity index (χ0n) is 12.3. The fourth-order valence-electron chi connectivity index (χ4n) is 1.86. The molecule has 0 aliphatic rings. The molecule has 2 heterocycles. The third kappa shape index (κ3) is 3.52. The van der Waals surface area contributed by atoms with Crippen molar-refractivity contribution in [2.24, 2.45) is 0 Å².